The lowest BCUT2D eigenvalue weighted by Gasteiger charge is -2.50. The molecule has 1 aliphatic rings. The van der Waals surface area contributed by atoms with Gasteiger partial charge in [-0.05, 0) is 20.3 Å². The van der Waals surface area contributed by atoms with Gasteiger partial charge in [0.25, 0.3) is 0 Å². The molecule has 0 radical (unpaired) electrons. The molecule has 0 saturated heterocycles. The van der Waals surface area contributed by atoms with Crippen LogP contribution >= 0.6 is 0 Å². The van der Waals surface area contributed by atoms with Crippen LogP contribution in [0.4, 0.5) is 0 Å². The summed E-state index contributed by atoms with van der Waals surface area (Å²) in [6, 6.07) is 0.198. The van der Waals surface area contributed by atoms with E-state index in [9.17, 15) is 13.5 Å². The van der Waals surface area contributed by atoms with Crippen molar-refractivity contribution in [1.82, 2.24) is 5.32 Å². The fraction of sp³-hybridized carbons (Fsp3) is 1.00. The van der Waals surface area contributed by atoms with E-state index in [1.165, 1.54) is 6.26 Å². The monoisotopic (exact) mass is 249 g/mol. The molecular formula is C11H23NO3S. The Morgan fingerprint density at radius 3 is 2.25 bits per heavy atom. The van der Waals surface area contributed by atoms with Crippen molar-refractivity contribution in [3.8, 4) is 0 Å². The fourth-order valence-corrected chi connectivity index (χ4v) is 2.09. The second kappa shape index (κ2) is 3.96. The Labute approximate surface area is 98.4 Å². The van der Waals surface area contributed by atoms with E-state index < -0.39 is 14.6 Å². The van der Waals surface area contributed by atoms with Crippen LogP contribution in [-0.2, 0) is 9.84 Å². The third-order valence-electron chi connectivity index (χ3n) is 3.99. The Kier molecular flexibility index (Phi) is 3.45. The molecular weight excluding hydrogens is 226 g/mol. The molecule has 2 N–H and O–H groups in total. The number of nitrogens with one attached hydrogen (secondary N) is 1. The molecule has 0 aromatic heterocycles. The summed E-state index contributed by atoms with van der Waals surface area (Å²) in [6.07, 6.45) is 1.67. The zero-order chi connectivity index (χ0) is 12.8. The maximum absolute atomic E-state index is 11.5. The van der Waals surface area contributed by atoms with Crippen molar-refractivity contribution in [1.29, 1.82) is 0 Å². The van der Waals surface area contributed by atoms with Gasteiger partial charge in [0.05, 0.1) is 10.9 Å². The van der Waals surface area contributed by atoms with Crippen molar-refractivity contribution in [2.45, 2.75) is 51.0 Å². The minimum absolute atomic E-state index is 0.159. The highest BCUT2D eigenvalue weighted by Gasteiger charge is 2.47. The molecule has 0 amide bonds. The van der Waals surface area contributed by atoms with Crippen LogP contribution in [0.1, 0.15) is 34.1 Å². The Bertz CT molecular complexity index is 359. The van der Waals surface area contributed by atoms with Crippen molar-refractivity contribution in [3.05, 3.63) is 0 Å². The zero-order valence-electron chi connectivity index (χ0n) is 10.7. The quantitative estimate of drug-likeness (QED) is 0.764. The summed E-state index contributed by atoms with van der Waals surface area (Å²) < 4.78 is 22.3. The highest BCUT2D eigenvalue weighted by molar-refractivity contribution is 7.92. The first-order valence-electron chi connectivity index (χ1n) is 5.59. The molecule has 1 saturated carbocycles. The molecule has 0 aromatic rings. The molecule has 2 unspecified atom stereocenters. The van der Waals surface area contributed by atoms with Crippen molar-refractivity contribution in [2.75, 3.05) is 12.8 Å². The summed E-state index contributed by atoms with van der Waals surface area (Å²) in [5, 5.41) is 12.8. The highest BCUT2D eigenvalue weighted by atomic mass is 32.2. The summed E-state index contributed by atoms with van der Waals surface area (Å²) in [5.41, 5.74) is -0.159. The van der Waals surface area contributed by atoms with E-state index in [1.54, 1.807) is 13.8 Å². The lowest BCUT2D eigenvalue weighted by atomic mass is 9.64. The summed E-state index contributed by atoms with van der Waals surface area (Å²) >= 11 is 0. The van der Waals surface area contributed by atoms with Gasteiger partial charge in [-0.1, -0.05) is 13.8 Å². The van der Waals surface area contributed by atoms with Crippen LogP contribution in [0.2, 0.25) is 0 Å². The molecule has 1 fully saturated rings. The molecule has 4 nitrogen and oxygen atoms in total. The van der Waals surface area contributed by atoms with Crippen LogP contribution in [0.25, 0.3) is 0 Å². The van der Waals surface area contributed by atoms with Gasteiger partial charge < -0.3 is 10.4 Å². The molecule has 0 spiro atoms. The van der Waals surface area contributed by atoms with Gasteiger partial charge in [0.2, 0.25) is 0 Å². The summed E-state index contributed by atoms with van der Waals surface area (Å²) in [6.45, 7) is 7.85. The second-order valence-corrected chi connectivity index (χ2v) is 8.69. The van der Waals surface area contributed by atoms with Crippen LogP contribution in [-0.4, -0.2) is 43.2 Å². The van der Waals surface area contributed by atoms with Gasteiger partial charge in [-0.3, -0.25) is 0 Å². The highest BCUT2D eigenvalue weighted by Crippen LogP contribution is 2.40. The van der Waals surface area contributed by atoms with E-state index in [4.69, 9.17) is 0 Å². The predicted molar refractivity (Wildman–Crippen MR) is 65.1 cm³/mol. The standard InChI is InChI=1S/C11H23NO3S/c1-10(2,16(5,14)15)7-12-8-6-9(13)11(8,3)4/h8-9,12-13H,6-7H2,1-5H3. The molecule has 0 heterocycles. The number of rotatable bonds is 4. The Morgan fingerprint density at radius 2 is 1.94 bits per heavy atom. The van der Waals surface area contributed by atoms with Crippen LogP contribution < -0.4 is 5.32 Å². The number of aliphatic hydroxyl groups is 1. The molecule has 1 aliphatic carbocycles. The van der Waals surface area contributed by atoms with Crippen molar-refractivity contribution in [2.24, 2.45) is 5.41 Å². The predicted octanol–water partition coefficient (Wildman–Crippen LogP) is 0.559. The molecule has 96 valence electrons. The fourth-order valence-electron chi connectivity index (χ4n) is 1.75. The van der Waals surface area contributed by atoms with E-state index >= 15 is 0 Å². The van der Waals surface area contributed by atoms with Crippen LogP contribution in [0.5, 0.6) is 0 Å². The largest absolute Gasteiger partial charge is 0.392 e. The minimum Gasteiger partial charge on any atom is -0.392 e. The van der Waals surface area contributed by atoms with Crippen molar-refractivity contribution >= 4 is 9.84 Å². The van der Waals surface area contributed by atoms with Gasteiger partial charge >= 0.3 is 0 Å². The summed E-state index contributed by atoms with van der Waals surface area (Å²) in [7, 11) is -3.06. The van der Waals surface area contributed by atoms with Crippen molar-refractivity contribution in [3.63, 3.8) is 0 Å². The molecule has 0 bridgehead atoms. The number of hydrogen-bond acceptors (Lipinski definition) is 4. The molecule has 1 rings (SSSR count). The van der Waals surface area contributed by atoms with Crippen LogP contribution in [0.3, 0.4) is 0 Å². The lowest BCUT2D eigenvalue weighted by Crippen LogP contribution is -2.62. The zero-order valence-corrected chi connectivity index (χ0v) is 11.6. The molecule has 16 heavy (non-hydrogen) atoms. The summed E-state index contributed by atoms with van der Waals surface area (Å²) in [5.74, 6) is 0. The minimum atomic E-state index is -3.06. The maximum Gasteiger partial charge on any atom is 0.153 e. The SMILES string of the molecule is CC1(C)C(O)CC1NCC(C)(C)S(C)(=O)=O. The maximum atomic E-state index is 11.5. The molecule has 5 heteroatoms. The van der Waals surface area contributed by atoms with E-state index in [1.807, 2.05) is 13.8 Å². The number of sulfone groups is 1. The van der Waals surface area contributed by atoms with Crippen LogP contribution in [0, 0.1) is 5.41 Å². The van der Waals surface area contributed by atoms with E-state index in [-0.39, 0.29) is 17.6 Å². The van der Waals surface area contributed by atoms with Gasteiger partial charge in [-0.2, -0.15) is 0 Å². The lowest BCUT2D eigenvalue weighted by molar-refractivity contribution is -0.0726. The molecule has 0 aliphatic heterocycles. The van der Waals surface area contributed by atoms with Crippen LogP contribution in [0.15, 0.2) is 0 Å². The van der Waals surface area contributed by atoms with E-state index in [2.05, 4.69) is 5.32 Å². The number of hydrogen-bond donors (Lipinski definition) is 2. The Hall–Kier alpha value is -0.130. The van der Waals surface area contributed by atoms with Gasteiger partial charge in [0.1, 0.15) is 0 Å². The summed E-state index contributed by atoms with van der Waals surface area (Å²) in [4.78, 5) is 0. The molecule has 2 atom stereocenters. The van der Waals surface area contributed by atoms with Gasteiger partial charge in [-0.25, -0.2) is 8.42 Å². The topological polar surface area (TPSA) is 66.4 Å². The smallest absolute Gasteiger partial charge is 0.153 e. The number of aliphatic hydroxyl groups excluding tert-OH is 1. The van der Waals surface area contributed by atoms with Gasteiger partial charge in [0.15, 0.2) is 9.84 Å². The Morgan fingerprint density at radius 1 is 1.44 bits per heavy atom. The average molecular weight is 249 g/mol. The second-order valence-electron chi connectivity index (χ2n) is 6.04. The first kappa shape index (κ1) is 13.9. The van der Waals surface area contributed by atoms with Gasteiger partial charge in [-0.15, -0.1) is 0 Å². The normalized spacial score (nSPS) is 29.9. The average Bonchev–Trinajstić information content (AvgIpc) is 2.10. The van der Waals surface area contributed by atoms with Gasteiger partial charge in [0, 0.05) is 24.3 Å². The third-order valence-corrected chi connectivity index (χ3v) is 6.15. The Balaban J connectivity index is 2.55. The first-order chi connectivity index (χ1) is 6.98. The van der Waals surface area contributed by atoms with Crippen molar-refractivity contribution < 1.29 is 13.5 Å². The molecule has 0 aromatic carbocycles. The first-order valence-corrected chi connectivity index (χ1v) is 7.48. The van der Waals surface area contributed by atoms with E-state index in [0.29, 0.717) is 13.0 Å². The third kappa shape index (κ3) is 2.41. The van der Waals surface area contributed by atoms with E-state index in [0.717, 1.165) is 0 Å².